The van der Waals surface area contributed by atoms with Crippen LogP contribution in [-0.2, 0) is 24.3 Å². The molecule has 2 rings (SSSR count). The summed E-state index contributed by atoms with van der Waals surface area (Å²) in [5.41, 5.74) is 0. The lowest BCUT2D eigenvalue weighted by molar-refractivity contribution is -0.147. The zero-order chi connectivity index (χ0) is 20.0. The Morgan fingerprint density at radius 2 is 1.81 bits per heavy atom. The molecule has 0 radical (unpaired) electrons. The number of carbonyl (C=O) groups excluding carboxylic acids is 2. The number of sulfonamides is 1. The number of nitrogens with zero attached hydrogens (tertiary/aromatic N) is 1. The number of hydrogen-bond acceptors (Lipinski definition) is 5. The van der Waals surface area contributed by atoms with Crippen LogP contribution in [-0.4, -0.2) is 50.8 Å². The van der Waals surface area contributed by atoms with Crippen molar-refractivity contribution in [1.29, 1.82) is 0 Å². The molecular formula is C19H28N2O5S. The number of piperidine rings is 1. The highest BCUT2D eigenvalue weighted by Crippen LogP contribution is 2.24. The second-order valence-electron chi connectivity index (χ2n) is 6.89. The number of carbonyl (C=O) groups is 2. The van der Waals surface area contributed by atoms with Crippen LogP contribution in [0.1, 0.15) is 33.1 Å². The van der Waals surface area contributed by atoms with Gasteiger partial charge >= 0.3 is 5.97 Å². The van der Waals surface area contributed by atoms with Gasteiger partial charge in [0.15, 0.2) is 0 Å². The third-order valence-corrected chi connectivity index (χ3v) is 7.08. The molecule has 2 unspecified atom stereocenters. The van der Waals surface area contributed by atoms with Gasteiger partial charge in [0.1, 0.15) is 6.04 Å². The molecule has 0 aliphatic carbocycles. The summed E-state index contributed by atoms with van der Waals surface area (Å²) in [5, 5.41) is 2.79. The fraction of sp³-hybridized carbons (Fsp3) is 0.579. The molecule has 0 aromatic heterocycles. The Kier molecular flexibility index (Phi) is 7.38. The number of esters is 1. The van der Waals surface area contributed by atoms with E-state index in [0.29, 0.717) is 12.8 Å². The molecule has 1 aliphatic rings. The molecule has 1 aromatic carbocycles. The van der Waals surface area contributed by atoms with Crippen LogP contribution in [0, 0.1) is 11.8 Å². The molecule has 27 heavy (non-hydrogen) atoms. The zero-order valence-corrected chi connectivity index (χ0v) is 16.9. The lowest BCUT2D eigenvalue weighted by Crippen LogP contribution is -2.50. The first kappa shape index (κ1) is 21.4. The van der Waals surface area contributed by atoms with Crippen LogP contribution in [0.2, 0.25) is 0 Å². The molecule has 1 fully saturated rings. The minimum absolute atomic E-state index is 0.0417. The highest BCUT2D eigenvalue weighted by molar-refractivity contribution is 7.89. The molecular weight excluding hydrogens is 368 g/mol. The summed E-state index contributed by atoms with van der Waals surface area (Å²) in [4.78, 5) is 24.8. The average Bonchev–Trinajstić information content (AvgIpc) is 2.71. The molecule has 0 bridgehead atoms. The third kappa shape index (κ3) is 5.07. The van der Waals surface area contributed by atoms with Crippen LogP contribution in [0.4, 0.5) is 0 Å². The Morgan fingerprint density at radius 1 is 1.22 bits per heavy atom. The van der Waals surface area contributed by atoms with Crippen molar-refractivity contribution in [1.82, 2.24) is 9.62 Å². The topological polar surface area (TPSA) is 92.8 Å². The SMILES string of the molecule is CCC(C)C(NC(=O)C1CCN(S(=O)(=O)c2ccccc2)CC1)C(=O)OC. The van der Waals surface area contributed by atoms with Gasteiger partial charge in [-0.25, -0.2) is 13.2 Å². The van der Waals surface area contributed by atoms with E-state index in [-0.39, 0.29) is 35.7 Å². The summed E-state index contributed by atoms with van der Waals surface area (Å²) in [6, 6.07) is 7.61. The van der Waals surface area contributed by atoms with E-state index in [2.05, 4.69) is 5.32 Å². The second-order valence-corrected chi connectivity index (χ2v) is 8.82. The molecule has 7 nitrogen and oxygen atoms in total. The molecule has 1 saturated heterocycles. The van der Waals surface area contributed by atoms with Crippen LogP contribution < -0.4 is 5.32 Å². The van der Waals surface area contributed by atoms with E-state index < -0.39 is 22.0 Å². The minimum Gasteiger partial charge on any atom is -0.467 e. The summed E-state index contributed by atoms with van der Waals surface area (Å²) >= 11 is 0. The maximum Gasteiger partial charge on any atom is 0.328 e. The highest BCUT2D eigenvalue weighted by Gasteiger charge is 2.34. The molecule has 1 N–H and O–H groups in total. The van der Waals surface area contributed by atoms with Gasteiger partial charge in [0.2, 0.25) is 15.9 Å². The maximum absolute atomic E-state index is 12.7. The van der Waals surface area contributed by atoms with Crippen molar-refractivity contribution in [2.75, 3.05) is 20.2 Å². The third-order valence-electron chi connectivity index (χ3n) is 5.17. The first-order chi connectivity index (χ1) is 12.8. The van der Waals surface area contributed by atoms with Crippen molar-refractivity contribution in [2.24, 2.45) is 11.8 Å². The van der Waals surface area contributed by atoms with Crippen molar-refractivity contribution in [2.45, 2.75) is 44.0 Å². The minimum atomic E-state index is -3.54. The van der Waals surface area contributed by atoms with Crippen molar-refractivity contribution < 1.29 is 22.7 Å². The van der Waals surface area contributed by atoms with Gasteiger partial charge in [-0.15, -0.1) is 0 Å². The Bertz CT molecular complexity index is 743. The van der Waals surface area contributed by atoms with E-state index in [1.54, 1.807) is 30.3 Å². The van der Waals surface area contributed by atoms with E-state index >= 15 is 0 Å². The molecule has 8 heteroatoms. The zero-order valence-electron chi connectivity index (χ0n) is 16.1. The van der Waals surface area contributed by atoms with Crippen LogP contribution in [0.3, 0.4) is 0 Å². The number of ether oxygens (including phenoxy) is 1. The fourth-order valence-electron chi connectivity index (χ4n) is 3.17. The van der Waals surface area contributed by atoms with E-state index in [9.17, 15) is 18.0 Å². The standard InChI is InChI=1S/C19H28N2O5S/c1-4-14(2)17(19(23)26-3)20-18(22)15-10-12-21(13-11-15)27(24,25)16-8-6-5-7-9-16/h5-9,14-15,17H,4,10-13H2,1-3H3,(H,20,22). The predicted octanol–water partition coefficient (Wildman–Crippen LogP) is 1.79. The fourth-order valence-corrected chi connectivity index (χ4v) is 4.66. The van der Waals surface area contributed by atoms with Crippen LogP contribution >= 0.6 is 0 Å². The number of benzene rings is 1. The Hall–Kier alpha value is -1.93. The smallest absolute Gasteiger partial charge is 0.328 e. The highest BCUT2D eigenvalue weighted by atomic mass is 32.2. The van der Waals surface area contributed by atoms with Gasteiger partial charge < -0.3 is 10.1 Å². The molecule has 1 aliphatic heterocycles. The van der Waals surface area contributed by atoms with Crippen molar-refractivity contribution in [3.63, 3.8) is 0 Å². The largest absolute Gasteiger partial charge is 0.467 e. The molecule has 2 atom stereocenters. The van der Waals surface area contributed by atoms with Crippen molar-refractivity contribution in [3.8, 4) is 0 Å². The second kappa shape index (κ2) is 9.32. The van der Waals surface area contributed by atoms with E-state index in [1.165, 1.54) is 11.4 Å². The number of methoxy groups -OCH3 is 1. The Balaban J connectivity index is 1.98. The Morgan fingerprint density at radius 3 is 2.33 bits per heavy atom. The van der Waals surface area contributed by atoms with Crippen LogP contribution in [0.15, 0.2) is 35.2 Å². The molecule has 0 spiro atoms. The molecule has 0 saturated carbocycles. The number of hydrogen-bond donors (Lipinski definition) is 1. The van der Waals surface area contributed by atoms with Gasteiger partial charge in [0, 0.05) is 19.0 Å². The first-order valence-electron chi connectivity index (χ1n) is 9.24. The molecule has 150 valence electrons. The number of nitrogens with one attached hydrogen (secondary N) is 1. The molecule has 1 amide bonds. The predicted molar refractivity (Wildman–Crippen MR) is 101 cm³/mol. The van der Waals surface area contributed by atoms with E-state index in [1.807, 2.05) is 13.8 Å². The van der Waals surface area contributed by atoms with Gasteiger partial charge in [-0.05, 0) is 30.9 Å². The van der Waals surface area contributed by atoms with E-state index in [4.69, 9.17) is 4.74 Å². The quantitative estimate of drug-likeness (QED) is 0.710. The van der Waals surface area contributed by atoms with Gasteiger partial charge in [0.25, 0.3) is 0 Å². The van der Waals surface area contributed by atoms with Gasteiger partial charge in [-0.2, -0.15) is 4.31 Å². The normalized spacial score (nSPS) is 18.5. The van der Waals surface area contributed by atoms with Crippen LogP contribution in [0.25, 0.3) is 0 Å². The van der Waals surface area contributed by atoms with Crippen LogP contribution in [0.5, 0.6) is 0 Å². The lowest BCUT2D eigenvalue weighted by Gasteiger charge is -2.32. The summed E-state index contributed by atoms with van der Waals surface area (Å²) < 4.78 is 31.5. The van der Waals surface area contributed by atoms with E-state index in [0.717, 1.165) is 6.42 Å². The van der Waals surface area contributed by atoms with Crippen molar-refractivity contribution >= 4 is 21.9 Å². The number of amides is 1. The summed E-state index contributed by atoms with van der Waals surface area (Å²) in [6.45, 7) is 4.39. The van der Waals surface area contributed by atoms with Gasteiger partial charge in [0.05, 0.1) is 12.0 Å². The lowest BCUT2D eigenvalue weighted by atomic mass is 9.94. The summed E-state index contributed by atoms with van der Waals surface area (Å²) in [7, 11) is -2.24. The van der Waals surface area contributed by atoms with Crippen molar-refractivity contribution in [3.05, 3.63) is 30.3 Å². The molecule has 1 aromatic rings. The van der Waals surface area contributed by atoms with Gasteiger partial charge in [-0.3, -0.25) is 4.79 Å². The number of rotatable bonds is 7. The monoisotopic (exact) mass is 396 g/mol. The average molecular weight is 397 g/mol. The first-order valence-corrected chi connectivity index (χ1v) is 10.7. The summed E-state index contributed by atoms with van der Waals surface area (Å²) in [6.07, 6.45) is 1.58. The maximum atomic E-state index is 12.7. The Labute approximate surface area is 161 Å². The molecule has 1 heterocycles. The summed E-state index contributed by atoms with van der Waals surface area (Å²) in [5.74, 6) is -1.03. The van der Waals surface area contributed by atoms with Gasteiger partial charge in [-0.1, -0.05) is 38.5 Å².